The van der Waals surface area contributed by atoms with Crippen LogP contribution in [0.1, 0.15) is 55.4 Å². The molecule has 0 radical (unpaired) electrons. The standard InChI is InChI=1S/C17H19F3N8/c1-9-12(7-28(27-9)16(2,3)14-22-8-23-26-14)24-15-21-6-11(17(18,19)20)13(25-15)10-4-5-10/h6-8,10H,4-5H2,1-3H3,(H,21,24,25)(H,22,23,26). The van der Waals surface area contributed by atoms with E-state index in [2.05, 4.69) is 35.6 Å². The van der Waals surface area contributed by atoms with Crippen LogP contribution in [0.4, 0.5) is 24.8 Å². The van der Waals surface area contributed by atoms with Crippen LogP contribution in [-0.4, -0.2) is 34.9 Å². The fraction of sp³-hybridized carbons (Fsp3) is 0.471. The third-order valence-electron chi connectivity index (χ3n) is 4.80. The number of halogens is 3. The van der Waals surface area contributed by atoms with Crippen LogP contribution in [0.25, 0.3) is 0 Å². The van der Waals surface area contributed by atoms with E-state index in [4.69, 9.17) is 0 Å². The molecule has 1 fully saturated rings. The van der Waals surface area contributed by atoms with Crippen molar-refractivity contribution >= 4 is 11.6 Å². The molecule has 148 valence electrons. The van der Waals surface area contributed by atoms with Crippen molar-refractivity contribution in [2.75, 3.05) is 5.32 Å². The van der Waals surface area contributed by atoms with Gasteiger partial charge in [0.15, 0.2) is 5.82 Å². The molecule has 1 aliphatic carbocycles. The molecule has 3 aromatic rings. The number of nitrogens with one attached hydrogen (secondary N) is 2. The van der Waals surface area contributed by atoms with Gasteiger partial charge >= 0.3 is 6.18 Å². The molecular formula is C17H19F3N8. The topological polar surface area (TPSA) is 97.2 Å². The van der Waals surface area contributed by atoms with E-state index in [-0.39, 0.29) is 17.6 Å². The Balaban J connectivity index is 1.64. The lowest BCUT2D eigenvalue weighted by Gasteiger charge is -2.22. The third-order valence-corrected chi connectivity index (χ3v) is 4.80. The number of aromatic nitrogens is 7. The molecule has 4 rings (SSSR count). The Bertz CT molecular complexity index is 986. The quantitative estimate of drug-likeness (QED) is 0.690. The number of nitrogens with zero attached hydrogens (tertiary/aromatic N) is 6. The van der Waals surface area contributed by atoms with Crippen molar-refractivity contribution in [1.29, 1.82) is 0 Å². The van der Waals surface area contributed by atoms with Gasteiger partial charge in [-0.15, -0.1) is 0 Å². The summed E-state index contributed by atoms with van der Waals surface area (Å²) in [6.45, 7) is 5.63. The zero-order chi connectivity index (χ0) is 20.1. The smallest absolute Gasteiger partial charge is 0.321 e. The van der Waals surface area contributed by atoms with Gasteiger partial charge in [0, 0.05) is 18.3 Å². The molecule has 3 aromatic heterocycles. The number of aromatic amines is 1. The van der Waals surface area contributed by atoms with E-state index in [1.54, 1.807) is 17.8 Å². The first-order chi connectivity index (χ1) is 13.2. The Morgan fingerprint density at radius 3 is 2.57 bits per heavy atom. The second-order valence-electron chi connectivity index (χ2n) is 7.36. The molecule has 1 saturated carbocycles. The number of hydrogen-bond donors (Lipinski definition) is 2. The summed E-state index contributed by atoms with van der Waals surface area (Å²) in [7, 11) is 0. The predicted octanol–water partition coefficient (Wildman–Crippen LogP) is 3.52. The molecule has 8 nitrogen and oxygen atoms in total. The maximum absolute atomic E-state index is 13.2. The first-order valence-electron chi connectivity index (χ1n) is 8.80. The number of hydrogen-bond acceptors (Lipinski definition) is 6. The van der Waals surface area contributed by atoms with E-state index in [0.717, 1.165) is 6.20 Å². The highest BCUT2D eigenvalue weighted by molar-refractivity contribution is 5.55. The monoisotopic (exact) mass is 392 g/mol. The number of rotatable bonds is 5. The fourth-order valence-corrected chi connectivity index (χ4v) is 2.94. The van der Waals surface area contributed by atoms with E-state index >= 15 is 0 Å². The molecule has 0 unspecified atom stereocenters. The molecule has 0 saturated heterocycles. The molecule has 0 aromatic carbocycles. The number of anilines is 2. The minimum atomic E-state index is -4.46. The predicted molar refractivity (Wildman–Crippen MR) is 94.1 cm³/mol. The number of alkyl halides is 3. The van der Waals surface area contributed by atoms with Crippen LogP contribution in [0.3, 0.4) is 0 Å². The minimum absolute atomic E-state index is 0.0528. The molecule has 0 atom stereocenters. The number of aryl methyl sites for hydroxylation is 1. The van der Waals surface area contributed by atoms with Crippen LogP contribution in [0.5, 0.6) is 0 Å². The SMILES string of the molecule is Cc1nn(C(C)(C)c2ncn[nH]2)cc1Nc1ncc(C(F)(F)F)c(C2CC2)n1. The van der Waals surface area contributed by atoms with Crippen molar-refractivity contribution in [2.24, 2.45) is 0 Å². The molecule has 0 spiro atoms. The van der Waals surface area contributed by atoms with Crippen LogP contribution < -0.4 is 5.32 Å². The number of H-pyrrole nitrogens is 1. The molecule has 0 amide bonds. The van der Waals surface area contributed by atoms with Crippen molar-refractivity contribution in [3.05, 3.63) is 41.5 Å². The lowest BCUT2D eigenvalue weighted by molar-refractivity contribution is -0.138. The summed E-state index contributed by atoms with van der Waals surface area (Å²) < 4.78 is 41.3. The fourth-order valence-electron chi connectivity index (χ4n) is 2.94. The summed E-state index contributed by atoms with van der Waals surface area (Å²) >= 11 is 0. The Morgan fingerprint density at radius 1 is 1.21 bits per heavy atom. The van der Waals surface area contributed by atoms with Crippen LogP contribution >= 0.6 is 0 Å². The van der Waals surface area contributed by atoms with Gasteiger partial charge in [0.05, 0.1) is 22.6 Å². The van der Waals surface area contributed by atoms with E-state index in [1.165, 1.54) is 6.33 Å². The summed E-state index contributed by atoms with van der Waals surface area (Å²) in [5, 5.41) is 14.2. The zero-order valence-electron chi connectivity index (χ0n) is 15.5. The van der Waals surface area contributed by atoms with E-state index in [9.17, 15) is 13.2 Å². The van der Waals surface area contributed by atoms with Gasteiger partial charge in [0.2, 0.25) is 5.95 Å². The summed E-state index contributed by atoms with van der Waals surface area (Å²) in [6, 6.07) is 0. The van der Waals surface area contributed by atoms with Crippen LogP contribution in [-0.2, 0) is 11.7 Å². The molecule has 0 aliphatic heterocycles. The van der Waals surface area contributed by atoms with Gasteiger partial charge in [-0.1, -0.05) is 0 Å². The van der Waals surface area contributed by atoms with Crippen molar-refractivity contribution in [3.8, 4) is 0 Å². The Morgan fingerprint density at radius 2 is 1.96 bits per heavy atom. The van der Waals surface area contributed by atoms with Crippen molar-refractivity contribution < 1.29 is 13.2 Å². The minimum Gasteiger partial charge on any atom is -0.321 e. The van der Waals surface area contributed by atoms with Crippen molar-refractivity contribution in [3.63, 3.8) is 0 Å². The third kappa shape index (κ3) is 3.32. The highest BCUT2D eigenvalue weighted by Gasteiger charge is 2.40. The molecule has 3 heterocycles. The highest BCUT2D eigenvalue weighted by atomic mass is 19.4. The van der Waals surface area contributed by atoms with Crippen LogP contribution in [0.2, 0.25) is 0 Å². The van der Waals surface area contributed by atoms with Crippen molar-refractivity contribution in [2.45, 2.75) is 51.2 Å². The maximum atomic E-state index is 13.2. The Kier molecular flexibility index (Phi) is 4.12. The largest absolute Gasteiger partial charge is 0.419 e. The summed E-state index contributed by atoms with van der Waals surface area (Å²) in [4.78, 5) is 12.2. The van der Waals surface area contributed by atoms with Gasteiger partial charge in [-0.2, -0.15) is 23.4 Å². The first kappa shape index (κ1) is 18.4. The summed E-state index contributed by atoms with van der Waals surface area (Å²) in [5.41, 5.74) is -0.0453. The summed E-state index contributed by atoms with van der Waals surface area (Å²) in [5.74, 6) is 0.591. The first-order valence-corrected chi connectivity index (χ1v) is 8.80. The average molecular weight is 392 g/mol. The van der Waals surface area contributed by atoms with E-state index in [0.29, 0.717) is 30.0 Å². The Labute approximate surface area is 158 Å². The second-order valence-corrected chi connectivity index (χ2v) is 7.36. The highest BCUT2D eigenvalue weighted by Crippen LogP contribution is 2.45. The van der Waals surface area contributed by atoms with E-state index in [1.807, 2.05) is 13.8 Å². The van der Waals surface area contributed by atoms with Gasteiger partial charge in [-0.25, -0.2) is 15.0 Å². The van der Waals surface area contributed by atoms with Crippen LogP contribution in [0.15, 0.2) is 18.7 Å². The van der Waals surface area contributed by atoms with Gasteiger partial charge in [-0.05, 0) is 33.6 Å². The molecule has 1 aliphatic rings. The van der Waals surface area contributed by atoms with E-state index < -0.39 is 17.3 Å². The second kappa shape index (κ2) is 6.28. The lowest BCUT2D eigenvalue weighted by Crippen LogP contribution is -2.29. The molecular weight excluding hydrogens is 373 g/mol. The molecule has 2 N–H and O–H groups in total. The van der Waals surface area contributed by atoms with Crippen molar-refractivity contribution in [1.82, 2.24) is 34.9 Å². The van der Waals surface area contributed by atoms with Gasteiger partial charge in [-0.3, -0.25) is 9.78 Å². The summed E-state index contributed by atoms with van der Waals surface area (Å²) in [6.07, 6.45) is 0.973. The average Bonchev–Trinajstić information content (AvgIpc) is 3.17. The Hall–Kier alpha value is -2.98. The van der Waals surface area contributed by atoms with Gasteiger partial charge < -0.3 is 5.32 Å². The maximum Gasteiger partial charge on any atom is 0.419 e. The van der Waals surface area contributed by atoms with Gasteiger partial charge in [0.1, 0.15) is 11.9 Å². The normalized spacial score (nSPS) is 15.1. The molecule has 0 bridgehead atoms. The molecule has 11 heteroatoms. The van der Waals surface area contributed by atoms with Crippen LogP contribution in [0, 0.1) is 6.92 Å². The van der Waals surface area contributed by atoms with Gasteiger partial charge in [0.25, 0.3) is 0 Å². The lowest BCUT2D eigenvalue weighted by atomic mass is 10.1. The molecule has 28 heavy (non-hydrogen) atoms. The zero-order valence-corrected chi connectivity index (χ0v) is 15.5.